The van der Waals surface area contributed by atoms with E-state index < -0.39 is 0 Å². The van der Waals surface area contributed by atoms with Gasteiger partial charge in [-0.25, -0.2) is 0 Å². The summed E-state index contributed by atoms with van der Waals surface area (Å²) in [5, 5.41) is 11.6. The first-order valence-electron chi connectivity index (χ1n) is 11.8. The molecule has 1 saturated heterocycles. The van der Waals surface area contributed by atoms with Gasteiger partial charge in [0.2, 0.25) is 0 Å². The summed E-state index contributed by atoms with van der Waals surface area (Å²) in [6.45, 7) is 2.49. The van der Waals surface area contributed by atoms with Crippen molar-refractivity contribution in [1.29, 1.82) is 0 Å². The van der Waals surface area contributed by atoms with Gasteiger partial charge in [0.05, 0.1) is 25.5 Å². The van der Waals surface area contributed by atoms with Crippen molar-refractivity contribution in [3.05, 3.63) is 89.6 Å². The topological polar surface area (TPSA) is 94.6 Å². The Morgan fingerprint density at radius 2 is 1.91 bits per heavy atom. The van der Waals surface area contributed by atoms with Gasteiger partial charge >= 0.3 is 0 Å². The van der Waals surface area contributed by atoms with Gasteiger partial charge in [-0.2, -0.15) is 0 Å². The maximum absolute atomic E-state index is 13.1. The van der Waals surface area contributed by atoms with E-state index in [1.54, 1.807) is 25.6 Å². The molecule has 8 heteroatoms. The fraction of sp³-hybridized carbons (Fsp3) is 0.296. The number of hydrogen-bond acceptors (Lipinski definition) is 6. The van der Waals surface area contributed by atoms with Gasteiger partial charge in [0.15, 0.2) is 0 Å². The van der Waals surface area contributed by atoms with Crippen LogP contribution in [0.15, 0.2) is 67.0 Å². The highest BCUT2D eigenvalue weighted by Crippen LogP contribution is 2.49. The van der Waals surface area contributed by atoms with Crippen LogP contribution in [0.5, 0.6) is 5.75 Å². The third-order valence-corrected chi connectivity index (χ3v) is 7.27. The van der Waals surface area contributed by atoms with Gasteiger partial charge in [0, 0.05) is 66.7 Å². The number of rotatable bonds is 5. The highest BCUT2D eigenvalue weighted by molar-refractivity contribution is 5.94. The number of carbonyl (C=O) groups is 1. The molecule has 0 radical (unpaired) electrons. The molecule has 4 aromatic rings. The van der Waals surface area contributed by atoms with E-state index in [0.29, 0.717) is 31.9 Å². The highest BCUT2D eigenvalue weighted by Gasteiger charge is 2.54. The van der Waals surface area contributed by atoms with Crippen LogP contribution in [0.2, 0.25) is 0 Å². The average molecular weight is 470 g/mol. The molecule has 2 aliphatic rings. The summed E-state index contributed by atoms with van der Waals surface area (Å²) in [7, 11) is 1.66. The number of carbonyl (C=O) groups excluding carboxylic acids is 1. The van der Waals surface area contributed by atoms with E-state index in [0.717, 1.165) is 28.0 Å². The maximum atomic E-state index is 13.1. The zero-order chi connectivity index (χ0) is 24.0. The van der Waals surface area contributed by atoms with Crippen LogP contribution in [0, 0.1) is 0 Å². The smallest absolute Gasteiger partial charge is 0.272 e. The minimum atomic E-state index is -0.257. The number of aliphatic hydroxyl groups is 1. The Bertz CT molecular complexity index is 1370. The molecule has 178 valence electrons. The molecule has 1 atom stereocenters. The highest BCUT2D eigenvalue weighted by atomic mass is 16.5. The molecule has 3 aromatic heterocycles. The molecule has 0 bridgehead atoms. The van der Waals surface area contributed by atoms with Gasteiger partial charge in [-0.1, -0.05) is 12.1 Å². The van der Waals surface area contributed by atoms with Crippen molar-refractivity contribution >= 4 is 16.8 Å². The van der Waals surface area contributed by atoms with Crippen LogP contribution in [0.1, 0.15) is 33.5 Å². The van der Waals surface area contributed by atoms with E-state index in [-0.39, 0.29) is 24.0 Å². The SMILES string of the molecule is COc1ccc2c3c([nH]c2c1)[C@H](CO)N(Cc1ccccn1)CC31CN(C(=O)c2ccccn2)C1. The van der Waals surface area contributed by atoms with Crippen molar-refractivity contribution in [1.82, 2.24) is 24.8 Å². The second-order valence-electron chi connectivity index (χ2n) is 9.41. The summed E-state index contributed by atoms with van der Waals surface area (Å²) in [5.41, 5.74) is 4.32. The number of aromatic nitrogens is 3. The summed E-state index contributed by atoms with van der Waals surface area (Å²) >= 11 is 0. The average Bonchev–Trinajstić information content (AvgIpc) is 3.26. The Kier molecular flexibility index (Phi) is 5.27. The number of aromatic amines is 1. The number of amides is 1. The molecule has 2 aliphatic heterocycles. The fourth-order valence-electron chi connectivity index (χ4n) is 5.72. The molecular formula is C27H27N5O3. The maximum Gasteiger partial charge on any atom is 0.272 e. The quantitative estimate of drug-likeness (QED) is 0.467. The number of fused-ring (bicyclic) bond motifs is 4. The predicted octanol–water partition coefficient (Wildman–Crippen LogP) is 2.91. The van der Waals surface area contributed by atoms with E-state index >= 15 is 0 Å². The van der Waals surface area contributed by atoms with Gasteiger partial charge in [-0.05, 0) is 42.0 Å². The first kappa shape index (κ1) is 21.8. The zero-order valence-electron chi connectivity index (χ0n) is 19.5. The van der Waals surface area contributed by atoms with Crippen LogP contribution in [-0.2, 0) is 12.0 Å². The number of methoxy groups -OCH3 is 1. The predicted molar refractivity (Wildman–Crippen MR) is 131 cm³/mol. The van der Waals surface area contributed by atoms with Crippen molar-refractivity contribution in [3.63, 3.8) is 0 Å². The monoisotopic (exact) mass is 469 g/mol. The minimum absolute atomic E-state index is 0.0174. The number of benzene rings is 1. The van der Waals surface area contributed by atoms with E-state index in [1.165, 1.54) is 5.56 Å². The number of nitrogens with one attached hydrogen (secondary N) is 1. The molecule has 35 heavy (non-hydrogen) atoms. The van der Waals surface area contributed by atoms with Crippen molar-refractivity contribution in [2.45, 2.75) is 18.0 Å². The first-order chi connectivity index (χ1) is 17.1. The van der Waals surface area contributed by atoms with Crippen molar-refractivity contribution < 1.29 is 14.6 Å². The van der Waals surface area contributed by atoms with Gasteiger partial charge in [-0.3, -0.25) is 19.7 Å². The lowest BCUT2D eigenvalue weighted by atomic mass is 9.68. The molecule has 1 aromatic carbocycles. The van der Waals surface area contributed by atoms with Crippen molar-refractivity contribution in [2.75, 3.05) is 33.4 Å². The van der Waals surface area contributed by atoms with Gasteiger partial charge < -0.3 is 19.7 Å². The van der Waals surface area contributed by atoms with Crippen molar-refractivity contribution in [2.24, 2.45) is 0 Å². The lowest BCUT2D eigenvalue weighted by molar-refractivity contribution is -0.00342. The number of hydrogen-bond donors (Lipinski definition) is 2. The molecule has 0 aliphatic carbocycles. The molecule has 1 fully saturated rings. The molecule has 2 N–H and O–H groups in total. The Morgan fingerprint density at radius 1 is 1.11 bits per heavy atom. The molecule has 5 heterocycles. The number of likely N-dealkylation sites (tertiary alicyclic amines) is 1. The Hall–Kier alpha value is -3.75. The van der Waals surface area contributed by atoms with E-state index in [2.05, 4.69) is 25.9 Å². The minimum Gasteiger partial charge on any atom is -0.497 e. The zero-order valence-corrected chi connectivity index (χ0v) is 19.5. The summed E-state index contributed by atoms with van der Waals surface area (Å²) in [6, 6.07) is 17.1. The first-order valence-corrected chi connectivity index (χ1v) is 11.8. The number of nitrogens with zero attached hydrogens (tertiary/aromatic N) is 4. The second kappa shape index (κ2) is 8.48. The van der Waals surface area contributed by atoms with Gasteiger partial charge in [0.25, 0.3) is 5.91 Å². The molecule has 6 rings (SSSR count). The second-order valence-corrected chi connectivity index (χ2v) is 9.41. The summed E-state index contributed by atoms with van der Waals surface area (Å²) < 4.78 is 5.45. The Morgan fingerprint density at radius 3 is 2.60 bits per heavy atom. The molecule has 0 saturated carbocycles. The Labute approximate surface area is 203 Å². The fourth-order valence-corrected chi connectivity index (χ4v) is 5.72. The summed E-state index contributed by atoms with van der Waals surface area (Å²) in [5.74, 6) is 0.719. The number of H-pyrrole nitrogens is 1. The number of aliphatic hydroxyl groups excluding tert-OH is 1. The van der Waals surface area contributed by atoms with E-state index in [9.17, 15) is 9.90 Å². The lowest BCUT2D eigenvalue weighted by Gasteiger charge is -2.56. The van der Waals surface area contributed by atoms with Gasteiger partial charge in [0.1, 0.15) is 11.4 Å². The van der Waals surface area contributed by atoms with Crippen LogP contribution in [0.25, 0.3) is 10.9 Å². The van der Waals surface area contributed by atoms with Crippen LogP contribution in [0.4, 0.5) is 0 Å². The lowest BCUT2D eigenvalue weighted by Crippen LogP contribution is -2.67. The third kappa shape index (κ3) is 3.57. The van der Waals surface area contributed by atoms with Crippen molar-refractivity contribution in [3.8, 4) is 5.75 Å². The van der Waals surface area contributed by atoms with E-state index in [1.807, 2.05) is 47.4 Å². The molecular weight excluding hydrogens is 442 g/mol. The van der Waals surface area contributed by atoms with Crippen LogP contribution in [-0.4, -0.2) is 69.1 Å². The van der Waals surface area contributed by atoms with E-state index in [4.69, 9.17) is 4.74 Å². The molecule has 1 amide bonds. The summed E-state index contributed by atoms with van der Waals surface area (Å²) in [6.07, 6.45) is 3.44. The van der Waals surface area contributed by atoms with Crippen LogP contribution in [0.3, 0.4) is 0 Å². The third-order valence-electron chi connectivity index (χ3n) is 7.27. The Balaban J connectivity index is 1.41. The normalized spacial score (nSPS) is 18.9. The van der Waals surface area contributed by atoms with Crippen LogP contribution < -0.4 is 4.74 Å². The van der Waals surface area contributed by atoms with Crippen LogP contribution >= 0.6 is 0 Å². The number of ether oxygens (including phenoxy) is 1. The molecule has 1 spiro atoms. The molecule has 0 unspecified atom stereocenters. The van der Waals surface area contributed by atoms with Gasteiger partial charge in [-0.15, -0.1) is 0 Å². The number of pyridine rings is 2. The largest absolute Gasteiger partial charge is 0.497 e. The summed E-state index contributed by atoms with van der Waals surface area (Å²) in [4.78, 5) is 29.6. The standard InChI is InChI=1S/C27H27N5O3/c1-35-19-8-9-20-22(12-19)30-25-23(14-33)31(13-18-6-2-4-10-28-18)15-27(24(20)25)16-32(17-27)26(34)21-7-3-5-11-29-21/h2-12,23,30,33H,13-17H2,1H3/t23-/m0/s1. The molecule has 8 nitrogen and oxygen atoms in total.